The lowest BCUT2D eigenvalue weighted by Gasteiger charge is -2.11. The smallest absolute Gasteiger partial charge is 0.145 e. The summed E-state index contributed by atoms with van der Waals surface area (Å²) in [5.74, 6) is 0.753. The minimum Gasteiger partial charge on any atom is -0.494 e. The molecule has 0 amide bonds. The second kappa shape index (κ2) is 7.48. The summed E-state index contributed by atoms with van der Waals surface area (Å²) in [6.45, 7) is 1.97. The normalized spacial score (nSPS) is 11.5. The third-order valence-electron chi connectivity index (χ3n) is 5.34. The number of ether oxygens (including phenoxy) is 1. The van der Waals surface area contributed by atoms with Gasteiger partial charge in [0.05, 0.1) is 19.0 Å². The van der Waals surface area contributed by atoms with Crippen LogP contribution < -0.4 is 10.2 Å². The fraction of sp³-hybridized carbons (Fsp3) is 0.0769. The molecular weight excluding hydrogens is 370 g/mol. The molecule has 1 heterocycles. The van der Waals surface area contributed by atoms with E-state index in [4.69, 9.17) is 4.74 Å². The predicted molar refractivity (Wildman–Crippen MR) is 126 cm³/mol. The molecule has 0 radical (unpaired) electrons. The van der Waals surface area contributed by atoms with Crippen LogP contribution in [-0.2, 0) is 0 Å². The summed E-state index contributed by atoms with van der Waals surface area (Å²) in [5, 5.41) is 10.3. The van der Waals surface area contributed by atoms with Gasteiger partial charge < -0.3 is 4.74 Å². The molecule has 1 N–H and O–H groups in total. The Balaban J connectivity index is 1.61. The number of aryl methyl sites for hydroxylation is 1. The molecular formula is C26H21N3O. The first kappa shape index (κ1) is 18.1. The van der Waals surface area contributed by atoms with Gasteiger partial charge in [-0.25, -0.2) is 4.98 Å². The van der Waals surface area contributed by atoms with Crippen LogP contribution in [0.2, 0.25) is 0 Å². The molecule has 0 fully saturated rings. The number of aromatic nitrogens is 1. The van der Waals surface area contributed by atoms with E-state index in [-0.39, 0.29) is 0 Å². The zero-order chi connectivity index (χ0) is 20.5. The van der Waals surface area contributed by atoms with Crippen molar-refractivity contribution in [1.29, 1.82) is 0 Å². The minimum absolute atomic E-state index is 0.753. The molecule has 4 heteroatoms. The van der Waals surface area contributed by atoms with E-state index < -0.39 is 0 Å². The number of hydrogen-bond donors (Lipinski definition) is 1. The topological polar surface area (TPSA) is 46.5 Å². The van der Waals surface area contributed by atoms with Crippen LogP contribution in [0.1, 0.15) is 11.3 Å². The SMILES string of the molecule is COc1cccc2c(N/N=C/c3c4ccccc4cc4ccccc34)cc(C)nc12. The van der Waals surface area contributed by atoms with Gasteiger partial charge in [-0.05, 0) is 46.7 Å². The van der Waals surface area contributed by atoms with Crippen molar-refractivity contribution in [3.05, 3.63) is 90.1 Å². The predicted octanol–water partition coefficient (Wildman–Crippen LogP) is 6.30. The number of anilines is 1. The Bertz CT molecular complexity index is 1370. The Morgan fingerprint density at radius 3 is 2.20 bits per heavy atom. The van der Waals surface area contributed by atoms with Crippen LogP contribution in [0.25, 0.3) is 32.4 Å². The second-order valence-corrected chi connectivity index (χ2v) is 7.27. The first-order chi connectivity index (χ1) is 14.7. The first-order valence-electron chi connectivity index (χ1n) is 9.88. The molecule has 30 heavy (non-hydrogen) atoms. The largest absolute Gasteiger partial charge is 0.494 e. The molecule has 0 bridgehead atoms. The lowest BCUT2D eigenvalue weighted by molar-refractivity contribution is 0.419. The van der Waals surface area contributed by atoms with Crippen molar-refractivity contribution in [2.45, 2.75) is 6.92 Å². The van der Waals surface area contributed by atoms with Crippen LogP contribution in [0.15, 0.2) is 84.0 Å². The molecule has 146 valence electrons. The quantitative estimate of drug-likeness (QED) is 0.222. The van der Waals surface area contributed by atoms with Crippen LogP contribution in [0.5, 0.6) is 5.75 Å². The van der Waals surface area contributed by atoms with Crippen molar-refractivity contribution in [3.8, 4) is 5.75 Å². The Kier molecular flexibility index (Phi) is 4.52. The van der Waals surface area contributed by atoms with Crippen molar-refractivity contribution in [2.24, 2.45) is 5.10 Å². The molecule has 0 aliphatic heterocycles. The van der Waals surface area contributed by atoms with E-state index in [0.29, 0.717) is 0 Å². The highest BCUT2D eigenvalue weighted by Crippen LogP contribution is 2.30. The van der Waals surface area contributed by atoms with E-state index in [9.17, 15) is 0 Å². The van der Waals surface area contributed by atoms with E-state index in [2.05, 4.69) is 70.1 Å². The molecule has 4 aromatic carbocycles. The molecule has 0 saturated heterocycles. The summed E-state index contributed by atoms with van der Waals surface area (Å²) in [4.78, 5) is 4.64. The van der Waals surface area contributed by atoms with Gasteiger partial charge in [-0.15, -0.1) is 0 Å². The van der Waals surface area contributed by atoms with Gasteiger partial charge in [-0.1, -0.05) is 60.7 Å². The maximum Gasteiger partial charge on any atom is 0.145 e. The van der Waals surface area contributed by atoms with Crippen molar-refractivity contribution in [1.82, 2.24) is 4.98 Å². The highest BCUT2D eigenvalue weighted by atomic mass is 16.5. The fourth-order valence-electron chi connectivity index (χ4n) is 3.96. The van der Waals surface area contributed by atoms with E-state index in [1.54, 1.807) is 7.11 Å². The zero-order valence-corrected chi connectivity index (χ0v) is 16.9. The van der Waals surface area contributed by atoms with E-state index in [1.807, 2.05) is 37.4 Å². The number of benzene rings is 4. The highest BCUT2D eigenvalue weighted by Gasteiger charge is 2.09. The molecule has 0 spiro atoms. The van der Waals surface area contributed by atoms with Crippen molar-refractivity contribution < 1.29 is 4.74 Å². The Labute approximate surface area is 174 Å². The zero-order valence-electron chi connectivity index (χ0n) is 16.9. The second-order valence-electron chi connectivity index (χ2n) is 7.27. The van der Waals surface area contributed by atoms with Crippen LogP contribution >= 0.6 is 0 Å². The number of hydrogen-bond acceptors (Lipinski definition) is 4. The number of nitrogens with zero attached hydrogens (tertiary/aromatic N) is 2. The Hall–Kier alpha value is -3.92. The average Bonchev–Trinajstić information content (AvgIpc) is 2.78. The van der Waals surface area contributed by atoms with Gasteiger partial charge in [0, 0.05) is 16.6 Å². The van der Waals surface area contributed by atoms with Crippen LogP contribution in [-0.4, -0.2) is 18.3 Å². The molecule has 0 unspecified atom stereocenters. The maximum atomic E-state index is 5.48. The first-order valence-corrected chi connectivity index (χ1v) is 9.88. The van der Waals surface area contributed by atoms with Crippen LogP contribution in [0.4, 0.5) is 5.69 Å². The lowest BCUT2D eigenvalue weighted by Crippen LogP contribution is -1.97. The molecule has 0 aliphatic rings. The van der Waals surface area contributed by atoms with Crippen LogP contribution in [0, 0.1) is 6.92 Å². The summed E-state index contributed by atoms with van der Waals surface area (Å²) < 4.78 is 5.48. The molecule has 5 rings (SSSR count). The lowest BCUT2D eigenvalue weighted by atomic mass is 9.97. The molecule has 0 aliphatic carbocycles. The van der Waals surface area contributed by atoms with Gasteiger partial charge in [0.2, 0.25) is 0 Å². The monoisotopic (exact) mass is 391 g/mol. The van der Waals surface area contributed by atoms with E-state index >= 15 is 0 Å². The van der Waals surface area contributed by atoms with Gasteiger partial charge in [0.1, 0.15) is 11.3 Å². The van der Waals surface area contributed by atoms with Gasteiger partial charge in [0.25, 0.3) is 0 Å². The third kappa shape index (κ3) is 3.12. The number of methoxy groups -OCH3 is 1. The van der Waals surface area contributed by atoms with Gasteiger partial charge in [-0.3, -0.25) is 5.43 Å². The van der Waals surface area contributed by atoms with Crippen molar-refractivity contribution in [2.75, 3.05) is 12.5 Å². The molecule has 0 saturated carbocycles. The van der Waals surface area contributed by atoms with Gasteiger partial charge >= 0.3 is 0 Å². The number of fused-ring (bicyclic) bond motifs is 3. The standard InChI is InChI=1S/C26H21N3O/c1-17-14-24(22-12-7-13-25(30-2)26(22)28-17)29-27-16-23-20-10-5-3-8-18(20)15-19-9-4-6-11-21(19)23/h3-16H,1-2H3,(H,28,29)/b27-16+. The summed E-state index contributed by atoms with van der Waals surface area (Å²) in [6, 6.07) is 26.9. The number of nitrogens with one attached hydrogen (secondary N) is 1. The third-order valence-corrected chi connectivity index (χ3v) is 5.34. The number of hydrazone groups is 1. The Morgan fingerprint density at radius 2 is 1.50 bits per heavy atom. The highest BCUT2D eigenvalue weighted by molar-refractivity contribution is 6.13. The summed E-state index contributed by atoms with van der Waals surface area (Å²) in [7, 11) is 1.66. The van der Waals surface area contributed by atoms with E-state index in [1.165, 1.54) is 21.5 Å². The number of pyridine rings is 1. The average molecular weight is 391 g/mol. The summed E-state index contributed by atoms with van der Waals surface area (Å²) in [5.41, 5.74) is 6.96. The molecule has 5 aromatic rings. The van der Waals surface area contributed by atoms with E-state index in [0.717, 1.165) is 33.6 Å². The Morgan fingerprint density at radius 1 is 0.833 bits per heavy atom. The molecule has 0 atom stereocenters. The van der Waals surface area contributed by atoms with Crippen molar-refractivity contribution >= 4 is 44.3 Å². The minimum atomic E-state index is 0.753. The van der Waals surface area contributed by atoms with Crippen molar-refractivity contribution in [3.63, 3.8) is 0 Å². The van der Waals surface area contributed by atoms with Gasteiger partial charge in [0.15, 0.2) is 0 Å². The maximum absolute atomic E-state index is 5.48. The summed E-state index contributed by atoms with van der Waals surface area (Å²) >= 11 is 0. The molecule has 4 nitrogen and oxygen atoms in total. The summed E-state index contributed by atoms with van der Waals surface area (Å²) in [6.07, 6.45) is 1.91. The van der Waals surface area contributed by atoms with Crippen LogP contribution in [0.3, 0.4) is 0 Å². The number of para-hydroxylation sites is 1. The molecule has 1 aromatic heterocycles. The fourth-order valence-corrected chi connectivity index (χ4v) is 3.96. The van der Waals surface area contributed by atoms with Gasteiger partial charge in [-0.2, -0.15) is 5.10 Å². The number of rotatable bonds is 4.